The molecule has 0 aliphatic carbocycles. The van der Waals surface area contributed by atoms with Gasteiger partial charge in [0.15, 0.2) is 0 Å². The quantitative estimate of drug-likeness (QED) is 0.748. The summed E-state index contributed by atoms with van der Waals surface area (Å²) < 4.78 is 9.18. The van der Waals surface area contributed by atoms with Crippen LogP contribution in [0.4, 0.5) is 0 Å². The summed E-state index contributed by atoms with van der Waals surface area (Å²) in [5, 5.41) is 17.9. The Kier molecular flexibility index (Phi) is 5.40. The molecule has 0 radical (unpaired) electrons. The molecule has 0 saturated carbocycles. The molecule has 4 rings (SSSR count). The van der Waals surface area contributed by atoms with Gasteiger partial charge in [-0.25, -0.2) is 4.68 Å². The third-order valence-electron chi connectivity index (χ3n) is 5.55. The van der Waals surface area contributed by atoms with Crippen LogP contribution in [-0.2, 0) is 16.1 Å². The van der Waals surface area contributed by atoms with E-state index < -0.39 is 6.04 Å². The predicted octanol–water partition coefficient (Wildman–Crippen LogP) is 0.921. The average Bonchev–Trinajstić information content (AvgIpc) is 3.52. The number of halogens is 1. The second kappa shape index (κ2) is 8.46. The minimum absolute atomic E-state index is 0.00659. The van der Waals surface area contributed by atoms with Crippen molar-refractivity contribution >= 4 is 23.4 Å². The van der Waals surface area contributed by atoms with Gasteiger partial charge in [-0.15, -0.1) is 5.10 Å². The van der Waals surface area contributed by atoms with E-state index in [1.165, 1.54) is 11.0 Å². The summed E-state index contributed by atoms with van der Waals surface area (Å²) >= 11 is 6.14. The molecule has 10 heteroatoms. The lowest BCUT2D eigenvalue weighted by atomic mass is 10.0. The number of carbonyl (C=O) groups is 2. The summed E-state index contributed by atoms with van der Waals surface area (Å²) in [4.78, 5) is 27.6. The van der Waals surface area contributed by atoms with Crippen molar-refractivity contribution < 1.29 is 11.0 Å². The Hall–Kier alpha value is -2.52. The number of tetrazole rings is 1. The summed E-state index contributed by atoms with van der Waals surface area (Å²) in [5.74, 6) is -0.254. The highest BCUT2D eigenvalue weighted by molar-refractivity contribution is 6.30. The lowest BCUT2D eigenvalue weighted by Gasteiger charge is -2.28. The number of nitrogens with one attached hydrogen (secondary N) is 2. The van der Waals surface area contributed by atoms with Crippen molar-refractivity contribution in [2.75, 3.05) is 13.1 Å². The number of carbonyl (C=O) groups excluding carboxylic acids is 2. The Balaban J connectivity index is 1.44. The van der Waals surface area contributed by atoms with Crippen molar-refractivity contribution in [2.24, 2.45) is 5.92 Å². The third-order valence-corrected chi connectivity index (χ3v) is 5.78. The van der Waals surface area contributed by atoms with Gasteiger partial charge in [0, 0.05) is 19.5 Å². The number of benzene rings is 1. The van der Waals surface area contributed by atoms with Crippen LogP contribution in [0, 0.1) is 5.92 Å². The van der Waals surface area contributed by atoms with Gasteiger partial charge in [0.05, 0.1) is 11.7 Å². The normalized spacial score (nSPS) is 24.5. The maximum Gasteiger partial charge on any atom is 0.243 e. The highest BCUT2D eigenvalue weighted by Crippen LogP contribution is 2.24. The van der Waals surface area contributed by atoms with Gasteiger partial charge in [-0.3, -0.25) is 9.59 Å². The van der Waals surface area contributed by atoms with Crippen LogP contribution in [0.25, 0.3) is 5.69 Å². The molecule has 1 aromatic heterocycles. The summed E-state index contributed by atoms with van der Waals surface area (Å²) in [6.45, 7) is 1.75. The molecule has 0 bridgehead atoms. The van der Waals surface area contributed by atoms with Crippen LogP contribution in [0.5, 0.6) is 0 Å². The molecule has 2 fully saturated rings. The van der Waals surface area contributed by atoms with Crippen molar-refractivity contribution in [3.05, 3.63) is 35.1 Å². The molecule has 2 saturated heterocycles. The van der Waals surface area contributed by atoms with Crippen molar-refractivity contribution in [1.29, 1.82) is 0 Å². The van der Waals surface area contributed by atoms with Crippen LogP contribution >= 0.6 is 11.6 Å². The number of rotatable bonds is 5. The Labute approximate surface area is 175 Å². The Morgan fingerprint density at radius 3 is 3.10 bits per heavy atom. The monoisotopic (exact) mass is 418 g/mol. The van der Waals surface area contributed by atoms with Crippen molar-refractivity contribution in [1.82, 2.24) is 35.7 Å². The lowest BCUT2D eigenvalue weighted by molar-refractivity contribution is -0.140. The minimum atomic E-state index is -0.498. The number of hydrogen-bond acceptors (Lipinski definition) is 6. The van der Waals surface area contributed by atoms with Gasteiger partial charge in [-0.2, -0.15) is 0 Å². The third kappa shape index (κ3) is 4.11. The lowest BCUT2D eigenvalue weighted by Crippen LogP contribution is -2.52. The number of hydrogen-bond donors (Lipinski definition) is 2. The standard InChI is InChI=1S/C19H24ClN7O2/c1-12-6-7-21-17(12)19(29)26-8-2-3-16(26)18(28)22-10-13-9-14(20)4-5-15(13)27-11-23-24-25-27/h4-5,9,11-12,16-17,21H,2-3,6-8,10H2,1H3,(H,22,28)/t12-,16-,17-/m0/s1/i1D. The topological polar surface area (TPSA) is 105 Å². The Morgan fingerprint density at radius 2 is 2.31 bits per heavy atom. The van der Waals surface area contributed by atoms with Crippen LogP contribution in [-0.4, -0.2) is 62.1 Å². The zero-order chi connectivity index (χ0) is 21.1. The fraction of sp³-hybridized carbons (Fsp3) is 0.526. The average molecular weight is 419 g/mol. The number of likely N-dealkylation sites (tertiary alicyclic amines) is 1. The summed E-state index contributed by atoms with van der Waals surface area (Å²) in [6.07, 6.45) is 3.71. The molecule has 3 atom stereocenters. The number of aromatic nitrogens is 4. The zero-order valence-corrected chi connectivity index (χ0v) is 16.7. The summed E-state index contributed by atoms with van der Waals surface area (Å²) in [7, 11) is 0. The van der Waals surface area contributed by atoms with Gasteiger partial charge in [-0.05, 0) is 65.9 Å². The molecule has 29 heavy (non-hydrogen) atoms. The predicted molar refractivity (Wildman–Crippen MR) is 106 cm³/mol. The first kappa shape index (κ1) is 18.5. The van der Waals surface area contributed by atoms with E-state index >= 15 is 0 Å². The zero-order valence-electron chi connectivity index (χ0n) is 16.9. The molecule has 0 spiro atoms. The number of amides is 2. The van der Waals surface area contributed by atoms with E-state index in [-0.39, 0.29) is 37.2 Å². The first-order chi connectivity index (χ1) is 14.6. The van der Waals surface area contributed by atoms with Crippen LogP contribution in [0.3, 0.4) is 0 Å². The van der Waals surface area contributed by atoms with Crippen LogP contribution in [0.2, 0.25) is 5.02 Å². The van der Waals surface area contributed by atoms with E-state index in [0.717, 1.165) is 30.6 Å². The summed E-state index contributed by atoms with van der Waals surface area (Å²) in [5.41, 5.74) is 1.49. The van der Waals surface area contributed by atoms with E-state index in [9.17, 15) is 9.59 Å². The maximum atomic E-state index is 13.0. The minimum Gasteiger partial charge on any atom is -0.350 e. The van der Waals surface area contributed by atoms with Crippen molar-refractivity contribution in [2.45, 2.75) is 44.8 Å². The van der Waals surface area contributed by atoms with Gasteiger partial charge in [0.1, 0.15) is 12.4 Å². The Morgan fingerprint density at radius 1 is 1.41 bits per heavy atom. The molecule has 1 aromatic carbocycles. The molecule has 9 nitrogen and oxygen atoms in total. The molecular formula is C19H24ClN7O2. The van der Waals surface area contributed by atoms with E-state index in [0.29, 0.717) is 18.0 Å². The smallest absolute Gasteiger partial charge is 0.243 e. The molecule has 3 heterocycles. The Bertz CT molecular complexity index is 910. The van der Waals surface area contributed by atoms with Gasteiger partial charge >= 0.3 is 0 Å². The largest absolute Gasteiger partial charge is 0.350 e. The van der Waals surface area contributed by atoms with Crippen molar-refractivity contribution in [3.8, 4) is 5.69 Å². The van der Waals surface area contributed by atoms with Gasteiger partial charge < -0.3 is 15.5 Å². The van der Waals surface area contributed by atoms with E-state index in [4.69, 9.17) is 13.0 Å². The van der Waals surface area contributed by atoms with Gasteiger partial charge in [0.2, 0.25) is 11.8 Å². The van der Waals surface area contributed by atoms with Crippen LogP contribution in [0.1, 0.15) is 33.1 Å². The SMILES string of the molecule is [2H]C[C@H]1CCN[C@@H]1C(=O)N1CCC[C@H]1C(=O)NCc1cc(Cl)ccc1-n1cnnn1. The second-order valence-corrected chi connectivity index (χ2v) is 7.85. The maximum absolute atomic E-state index is 13.0. The fourth-order valence-electron chi connectivity index (χ4n) is 4.02. The molecule has 2 N–H and O–H groups in total. The first-order valence-corrected chi connectivity index (χ1v) is 10.1. The van der Waals surface area contributed by atoms with Gasteiger partial charge in [0.25, 0.3) is 0 Å². The molecule has 0 unspecified atom stereocenters. The van der Waals surface area contributed by atoms with Gasteiger partial charge in [-0.1, -0.05) is 18.5 Å². The van der Waals surface area contributed by atoms with E-state index in [1.54, 1.807) is 23.1 Å². The molecule has 2 aromatic rings. The van der Waals surface area contributed by atoms with Crippen LogP contribution in [0.15, 0.2) is 24.5 Å². The second-order valence-electron chi connectivity index (χ2n) is 7.42. The van der Waals surface area contributed by atoms with E-state index in [1.807, 2.05) is 0 Å². The highest BCUT2D eigenvalue weighted by atomic mass is 35.5. The summed E-state index contributed by atoms with van der Waals surface area (Å²) in [6, 6.07) is 4.42. The molecule has 2 aliphatic rings. The molecule has 154 valence electrons. The van der Waals surface area contributed by atoms with Crippen molar-refractivity contribution in [3.63, 3.8) is 0 Å². The van der Waals surface area contributed by atoms with E-state index in [2.05, 4.69) is 26.2 Å². The molecule has 2 aliphatic heterocycles. The first-order valence-electron chi connectivity index (χ1n) is 10.4. The molecular weight excluding hydrogens is 394 g/mol. The fourth-order valence-corrected chi connectivity index (χ4v) is 4.21. The molecule has 2 amide bonds. The highest BCUT2D eigenvalue weighted by Gasteiger charge is 2.40. The van der Waals surface area contributed by atoms with Crippen LogP contribution < -0.4 is 10.6 Å². The number of nitrogens with zero attached hydrogens (tertiary/aromatic N) is 5.